The molecule has 0 aliphatic heterocycles. The van der Waals surface area contributed by atoms with E-state index in [1.54, 1.807) is 0 Å². The molecule has 0 aromatic carbocycles. The Morgan fingerprint density at radius 2 is 2.00 bits per heavy atom. The minimum Gasteiger partial charge on any atom is -0.495 e. The third kappa shape index (κ3) is 2.51. The number of pyridine rings is 1. The van der Waals surface area contributed by atoms with Gasteiger partial charge in [0.1, 0.15) is 17.0 Å². The van der Waals surface area contributed by atoms with Crippen LogP contribution in [0.5, 0.6) is 5.75 Å². The monoisotopic (exact) mass is 255 g/mol. The first-order valence-electron chi connectivity index (χ1n) is 4.20. The highest BCUT2D eigenvalue weighted by Gasteiger charge is 2.38. The largest absolute Gasteiger partial charge is 0.495 e. The summed E-state index contributed by atoms with van der Waals surface area (Å²) in [6.45, 7) is 0. The number of aldehydes is 1. The zero-order chi connectivity index (χ0) is 13.2. The van der Waals surface area contributed by atoms with Crippen molar-refractivity contribution in [3.05, 3.63) is 23.0 Å². The van der Waals surface area contributed by atoms with E-state index in [1.165, 1.54) is 0 Å². The Morgan fingerprint density at radius 1 is 1.41 bits per heavy atom. The summed E-state index contributed by atoms with van der Waals surface area (Å²) in [6.07, 6.45) is -7.94. The van der Waals surface area contributed by atoms with Crippen LogP contribution in [-0.2, 0) is 6.18 Å². The van der Waals surface area contributed by atoms with E-state index in [9.17, 15) is 26.7 Å². The Kier molecular flexibility index (Phi) is 3.64. The van der Waals surface area contributed by atoms with Crippen molar-refractivity contribution in [2.24, 2.45) is 0 Å². The molecular weight excluding hydrogens is 249 g/mol. The molecule has 0 atom stereocenters. The Bertz CT molecular complexity index is 430. The fourth-order valence-electron chi connectivity index (χ4n) is 1.25. The first-order valence-corrected chi connectivity index (χ1v) is 4.20. The van der Waals surface area contributed by atoms with Crippen molar-refractivity contribution in [3.63, 3.8) is 0 Å². The van der Waals surface area contributed by atoms with Crippen molar-refractivity contribution < 1.29 is 31.5 Å². The van der Waals surface area contributed by atoms with Gasteiger partial charge >= 0.3 is 6.18 Å². The van der Waals surface area contributed by atoms with E-state index >= 15 is 0 Å². The van der Waals surface area contributed by atoms with Crippen LogP contribution in [0.25, 0.3) is 0 Å². The zero-order valence-corrected chi connectivity index (χ0v) is 8.39. The average Bonchev–Trinajstić information content (AvgIpc) is 2.25. The second-order valence-electron chi connectivity index (χ2n) is 2.92. The number of rotatable bonds is 3. The molecule has 0 fully saturated rings. The standard InChI is InChI=1S/C9H6F5NO2/c1-17-7-4(9(12,13)14)2-15-5(3-16)6(7)8(10)11/h2-3,8H,1H3. The SMILES string of the molecule is COc1c(C(F)(F)F)cnc(C=O)c1C(F)F. The molecular formula is C9H6F5NO2. The van der Waals surface area contributed by atoms with Crippen LogP contribution in [0.2, 0.25) is 0 Å². The number of carbonyl (C=O) groups excluding carboxylic acids is 1. The molecule has 0 radical (unpaired) electrons. The number of hydrogen-bond donors (Lipinski definition) is 0. The second kappa shape index (κ2) is 4.64. The van der Waals surface area contributed by atoms with Crippen molar-refractivity contribution in [3.8, 4) is 5.75 Å². The fourth-order valence-corrected chi connectivity index (χ4v) is 1.25. The molecule has 1 rings (SSSR count). The molecule has 1 aromatic heterocycles. The van der Waals surface area contributed by atoms with Crippen molar-refractivity contribution in [2.75, 3.05) is 7.11 Å². The number of methoxy groups -OCH3 is 1. The topological polar surface area (TPSA) is 39.2 Å². The maximum atomic E-state index is 12.6. The summed E-state index contributed by atoms with van der Waals surface area (Å²) in [6, 6.07) is 0. The van der Waals surface area contributed by atoms with E-state index in [4.69, 9.17) is 0 Å². The Labute approximate surface area is 92.2 Å². The van der Waals surface area contributed by atoms with Crippen LogP contribution in [0, 0.1) is 0 Å². The number of nitrogens with zero attached hydrogens (tertiary/aromatic N) is 1. The Balaban J connectivity index is 3.58. The normalized spacial score (nSPS) is 11.7. The van der Waals surface area contributed by atoms with Gasteiger partial charge in [-0.25, -0.2) is 8.78 Å². The van der Waals surface area contributed by atoms with Crippen LogP contribution in [0.1, 0.15) is 28.0 Å². The number of ether oxygens (including phenoxy) is 1. The molecule has 0 aliphatic carbocycles. The maximum Gasteiger partial charge on any atom is 0.421 e. The minimum atomic E-state index is -4.89. The lowest BCUT2D eigenvalue weighted by atomic mass is 10.1. The first kappa shape index (κ1) is 13.3. The van der Waals surface area contributed by atoms with Gasteiger partial charge in [-0.1, -0.05) is 0 Å². The Morgan fingerprint density at radius 3 is 2.35 bits per heavy atom. The minimum absolute atomic E-state index is 0.0514. The van der Waals surface area contributed by atoms with E-state index in [0.717, 1.165) is 7.11 Å². The lowest BCUT2D eigenvalue weighted by molar-refractivity contribution is -0.139. The molecule has 94 valence electrons. The van der Waals surface area contributed by atoms with Crippen molar-refractivity contribution in [1.29, 1.82) is 0 Å². The van der Waals surface area contributed by atoms with Gasteiger partial charge in [0.25, 0.3) is 6.43 Å². The number of alkyl halides is 5. The average molecular weight is 255 g/mol. The Hall–Kier alpha value is -1.73. The van der Waals surface area contributed by atoms with Gasteiger partial charge < -0.3 is 4.74 Å². The number of hydrogen-bond acceptors (Lipinski definition) is 3. The van der Waals surface area contributed by atoms with E-state index in [-0.39, 0.29) is 12.5 Å². The highest BCUT2D eigenvalue weighted by molar-refractivity contribution is 5.76. The van der Waals surface area contributed by atoms with Gasteiger partial charge in [0.2, 0.25) is 0 Å². The summed E-state index contributed by atoms with van der Waals surface area (Å²) in [4.78, 5) is 13.5. The molecule has 17 heavy (non-hydrogen) atoms. The first-order chi connectivity index (χ1) is 7.82. The van der Waals surface area contributed by atoms with Gasteiger partial charge in [0, 0.05) is 6.20 Å². The predicted octanol–water partition coefficient (Wildman–Crippen LogP) is 2.86. The molecule has 8 heteroatoms. The van der Waals surface area contributed by atoms with E-state index < -0.39 is 35.2 Å². The summed E-state index contributed by atoms with van der Waals surface area (Å²) < 4.78 is 66.9. The smallest absolute Gasteiger partial charge is 0.421 e. The summed E-state index contributed by atoms with van der Waals surface area (Å²) in [7, 11) is 0.811. The van der Waals surface area contributed by atoms with Crippen LogP contribution in [0.4, 0.5) is 22.0 Å². The number of carbonyl (C=O) groups is 1. The summed E-state index contributed by atoms with van der Waals surface area (Å²) in [5.74, 6) is -1.08. The molecule has 1 aromatic rings. The summed E-state index contributed by atoms with van der Waals surface area (Å²) in [5.41, 5.74) is -3.37. The fraction of sp³-hybridized carbons (Fsp3) is 0.333. The third-order valence-corrected chi connectivity index (χ3v) is 1.94. The molecule has 0 bridgehead atoms. The van der Waals surface area contributed by atoms with Gasteiger partial charge in [-0.3, -0.25) is 9.78 Å². The number of halogens is 5. The lowest BCUT2D eigenvalue weighted by Gasteiger charge is -2.15. The molecule has 0 aliphatic rings. The van der Waals surface area contributed by atoms with Gasteiger partial charge in [-0.2, -0.15) is 13.2 Å². The van der Waals surface area contributed by atoms with Crippen molar-refractivity contribution >= 4 is 6.29 Å². The quantitative estimate of drug-likeness (QED) is 0.615. The molecule has 0 saturated heterocycles. The maximum absolute atomic E-state index is 12.6. The molecule has 0 spiro atoms. The van der Waals surface area contributed by atoms with Crippen LogP contribution in [0.15, 0.2) is 6.20 Å². The van der Waals surface area contributed by atoms with E-state index in [2.05, 4.69) is 9.72 Å². The number of aromatic nitrogens is 1. The summed E-state index contributed by atoms with van der Waals surface area (Å²) in [5, 5.41) is 0. The van der Waals surface area contributed by atoms with Crippen LogP contribution < -0.4 is 4.74 Å². The molecule has 0 saturated carbocycles. The summed E-state index contributed by atoms with van der Waals surface area (Å²) >= 11 is 0. The predicted molar refractivity (Wildman–Crippen MR) is 46.1 cm³/mol. The highest BCUT2D eigenvalue weighted by atomic mass is 19.4. The van der Waals surface area contributed by atoms with Crippen LogP contribution >= 0.6 is 0 Å². The van der Waals surface area contributed by atoms with E-state index in [0.29, 0.717) is 0 Å². The molecule has 1 heterocycles. The van der Waals surface area contributed by atoms with Gasteiger partial charge in [0.15, 0.2) is 6.29 Å². The van der Waals surface area contributed by atoms with E-state index in [1.807, 2.05) is 0 Å². The lowest BCUT2D eigenvalue weighted by Crippen LogP contribution is -2.12. The van der Waals surface area contributed by atoms with Gasteiger partial charge in [-0.05, 0) is 0 Å². The highest BCUT2D eigenvalue weighted by Crippen LogP contribution is 2.41. The van der Waals surface area contributed by atoms with Crippen molar-refractivity contribution in [2.45, 2.75) is 12.6 Å². The van der Waals surface area contributed by atoms with Crippen LogP contribution in [-0.4, -0.2) is 18.4 Å². The molecule has 0 N–H and O–H groups in total. The molecule has 0 unspecified atom stereocenters. The van der Waals surface area contributed by atoms with Gasteiger partial charge in [0.05, 0.1) is 12.7 Å². The second-order valence-corrected chi connectivity index (χ2v) is 2.92. The van der Waals surface area contributed by atoms with Crippen molar-refractivity contribution in [1.82, 2.24) is 4.98 Å². The van der Waals surface area contributed by atoms with Crippen LogP contribution in [0.3, 0.4) is 0 Å². The molecule has 3 nitrogen and oxygen atoms in total. The zero-order valence-electron chi connectivity index (χ0n) is 8.39. The van der Waals surface area contributed by atoms with Gasteiger partial charge in [-0.15, -0.1) is 0 Å². The molecule has 0 amide bonds. The third-order valence-electron chi connectivity index (χ3n) is 1.94.